The van der Waals surface area contributed by atoms with E-state index in [0.29, 0.717) is 163 Å². The summed E-state index contributed by atoms with van der Waals surface area (Å²) < 4.78 is 213. The van der Waals surface area contributed by atoms with E-state index in [2.05, 4.69) is 74.8 Å². The lowest BCUT2D eigenvalue weighted by Gasteiger charge is -2.35. The number of alkyl halides is 15. The molecule has 37 nitrogen and oxygen atoms in total. The van der Waals surface area contributed by atoms with E-state index in [9.17, 15) is 89.8 Å². The number of primary amides is 5. The minimum atomic E-state index is -4.48. The molecule has 52 heteroatoms. The topological polar surface area (TPSA) is 466 Å². The monoisotopic (exact) mass is 1970 g/mol. The van der Waals surface area contributed by atoms with Gasteiger partial charge in [0.2, 0.25) is 41.4 Å². The molecule has 0 aliphatic carbocycles. The molecule has 5 aliphatic heterocycles. The molecule has 15 aromatic heterocycles. The van der Waals surface area contributed by atoms with Crippen molar-refractivity contribution < 1.29 is 99.3 Å². The molecule has 0 radical (unpaired) electrons. The molecule has 0 saturated carbocycles. The number of anilines is 5. The molecule has 20 heterocycles. The number of ether oxygens (including phenoxy) is 2. The van der Waals surface area contributed by atoms with Crippen LogP contribution in [-0.4, -0.2) is 217 Å². The molecule has 0 spiro atoms. The smallest absolute Gasteiger partial charge is 0.369 e. The second-order valence-corrected chi connectivity index (χ2v) is 33.3. The molecule has 6 atom stereocenters. The van der Waals surface area contributed by atoms with Crippen LogP contribution >= 0.6 is 0 Å². The summed E-state index contributed by atoms with van der Waals surface area (Å²) in [6.45, 7) is 7.44. The van der Waals surface area contributed by atoms with Crippen molar-refractivity contribution >= 4 is 87.1 Å². The maximum atomic E-state index is 13.1. The number of hydrogen-bond donors (Lipinski definition) is 5. The Bertz CT molecular complexity index is 6470. The van der Waals surface area contributed by atoms with Crippen LogP contribution in [0.4, 0.5) is 95.2 Å². The number of imidazole rings is 5. The van der Waals surface area contributed by atoms with E-state index in [4.69, 9.17) is 38.1 Å². The normalized spacial score (nSPS) is 18.3. The highest BCUT2D eigenvalue weighted by Gasteiger charge is 2.39. The van der Waals surface area contributed by atoms with Gasteiger partial charge >= 0.3 is 30.9 Å². The first kappa shape index (κ1) is 98.1. The Hall–Kier alpha value is -15.9. The number of carbonyl (C=O) groups excluding carboxylic acids is 5. The highest BCUT2D eigenvalue weighted by atomic mass is 19.4. The van der Waals surface area contributed by atoms with Crippen molar-refractivity contribution in [2.75, 3.05) is 103 Å². The van der Waals surface area contributed by atoms with Gasteiger partial charge in [-0.15, -0.1) is 0 Å². The number of nitrogens with two attached hydrogens (primary N) is 5. The Morgan fingerprint density at radius 2 is 0.603 bits per heavy atom. The molecule has 5 aliphatic rings. The van der Waals surface area contributed by atoms with Crippen molar-refractivity contribution in [3.8, 4) is 57.3 Å². The number of amides is 5. The molecule has 736 valence electrons. The van der Waals surface area contributed by atoms with Gasteiger partial charge < -0.3 is 62.6 Å². The number of carbonyl (C=O) groups is 5. The zero-order valence-corrected chi connectivity index (χ0v) is 73.9. The van der Waals surface area contributed by atoms with Gasteiger partial charge in [0, 0.05) is 114 Å². The van der Waals surface area contributed by atoms with E-state index in [0.717, 1.165) is 93.4 Å². The Labute approximate surface area is 786 Å². The first-order valence-electron chi connectivity index (χ1n) is 43.4. The molecule has 0 aromatic carbocycles. The summed E-state index contributed by atoms with van der Waals surface area (Å²) in [5.74, 6) is 0.349. The SMILES string of the molecule is CC1CC(C(N)=O)CN(c2ccnc(-c3cnc4ccc(C(F)(F)F)cn34)n2)C1.NC(=O)[C@@H]1CCCN(c2nccc(-c3cnc4ccc(C(F)(F)F)cn34)n2)C1.NC(=O)[C@@H]1CN(c2ccnc(-c3cnc4ccc(C(F)(F)F)cn34)n2)CCO1.NC(=O)[C@H]1CCCN(c2nccc(-c3cnc4ccc(C(F)(F)F)cn34)n2)C1.NC(=O)[C@H]1CN(c2ccnc(-c3cnc4ccc(C(F)(F)F)cn34)n2)CCO1. The Morgan fingerprint density at radius 1 is 0.312 bits per heavy atom. The number of rotatable bonds is 15. The first-order valence-corrected chi connectivity index (χ1v) is 43.4. The Kier molecular flexibility index (Phi) is 28.0. The molecule has 141 heavy (non-hydrogen) atoms. The van der Waals surface area contributed by atoms with E-state index in [1.807, 2.05) is 31.4 Å². The highest BCUT2D eigenvalue weighted by Crippen LogP contribution is 2.39. The van der Waals surface area contributed by atoms with E-state index < -0.39 is 82.7 Å². The molecule has 5 amide bonds. The second-order valence-electron chi connectivity index (χ2n) is 33.3. The largest absolute Gasteiger partial charge is 0.417 e. The van der Waals surface area contributed by atoms with Crippen molar-refractivity contribution in [2.45, 2.75) is 82.1 Å². The summed E-state index contributed by atoms with van der Waals surface area (Å²) in [5, 5.41) is 0. The quantitative estimate of drug-likeness (QED) is 0.0595. The van der Waals surface area contributed by atoms with Crippen LogP contribution in [0.1, 0.15) is 66.8 Å². The fraction of sp³-hybridized carbons (Fsp3) is 0.326. The molecule has 5 saturated heterocycles. The first-order chi connectivity index (χ1) is 67.0. The van der Waals surface area contributed by atoms with Crippen molar-refractivity contribution in [1.29, 1.82) is 0 Å². The van der Waals surface area contributed by atoms with Gasteiger partial charge in [-0.3, -0.25) is 46.0 Å². The van der Waals surface area contributed by atoms with Gasteiger partial charge in [-0.25, -0.2) is 74.8 Å². The molecule has 20 rings (SSSR count). The average molecular weight is 1970 g/mol. The molecular weight excluding hydrogens is 1890 g/mol. The lowest BCUT2D eigenvalue weighted by Crippen LogP contribution is -2.48. The van der Waals surface area contributed by atoms with Crippen LogP contribution in [0.2, 0.25) is 0 Å². The maximum absolute atomic E-state index is 13.1. The number of morpholine rings is 2. The standard InChI is InChI=1S/C19H19F3N6O.2C18H17F3N6O.2C17H15F3N6O2/c1-11-6-12(17(23)29)9-27(8-11)16-4-5-24-18(26-16)14-7-25-15-3-2-13(10-28(14)15)19(20,21)22;2*19-18(20,21)12-3-4-15-24-8-14(27(15)10-12)13-5-6-23-17(25-13)26-7-1-2-11(9-26)16(22)28;2*18-17(19,20)10-1-2-13-23-7-11(26(13)8-10)16-22-4-3-14(24-16)25-5-6-28-12(9-25)15(21)27/h2-5,7,10-12H,6,8-9H2,1H3,(H2,23,29);2*3-6,8,10-11H,1-2,7,9H2,(H2,22,28);2*1-4,7-8,12H,5-6,9H2,(H2,21,27)/t;2*11-;2*12-/m.1010/s1. The van der Waals surface area contributed by atoms with E-state index >= 15 is 0 Å². The van der Waals surface area contributed by atoms with Gasteiger partial charge in [0.25, 0.3) is 0 Å². The second kappa shape index (κ2) is 40.3. The minimum Gasteiger partial charge on any atom is -0.369 e. The summed E-state index contributed by atoms with van der Waals surface area (Å²) in [6.07, 6.45) is -0.328. The van der Waals surface area contributed by atoms with E-state index in [1.165, 1.54) is 95.7 Å². The van der Waals surface area contributed by atoms with Crippen molar-refractivity contribution in [2.24, 2.45) is 52.3 Å². The van der Waals surface area contributed by atoms with Gasteiger partial charge in [0.05, 0.1) is 126 Å². The molecular formula is C89H83F15N30O7. The van der Waals surface area contributed by atoms with Crippen LogP contribution in [0.25, 0.3) is 85.6 Å². The molecule has 10 N–H and O–H groups in total. The van der Waals surface area contributed by atoms with Gasteiger partial charge in [0.1, 0.15) is 62.8 Å². The van der Waals surface area contributed by atoms with Crippen LogP contribution in [0.15, 0.2) is 184 Å². The third-order valence-corrected chi connectivity index (χ3v) is 23.6. The fourth-order valence-corrected chi connectivity index (χ4v) is 16.4. The van der Waals surface area contributed by atoms with Crippen LogP contribution in [-0.2, 0) is 64.3 Å². The van der Waals surface area contributed by atoms with E-state index in [-0.39, 0.29) is 72.0 Å². The summed E-state index contributed by atoms with van der Waals surface area (Å²) in [4.78, 5) is 131. The van der Waals surface area contributed by atoms with Crippen LogP contribution < -0.4 is 53.2 Å². The number of piperidine rings is 3. The number of fused-ring (bicyclic) bond motifs is 5. The van der Waals surface area contributed by atoms with Crippen LogP contribution in [0, 0.1) is 23.7 Å². The van der Waals surface area contributed by atoms with Gasteiger partial charge in [-0.1, -0.05) is 6.92 Å². The molecule has 15 aromatic rings. The number of halogens is 15. The molecule has 5 fully saturated rings. The summed E-state index contributed by atoms with van der Waals surface area (Å²) >= 11 is 0. The molecule has 2 unspecified atom stereocenters. The third-order valence-electron chi connectivity index (χ3n) is 23.6. The Morgan fingerprint density at radius 3 is 0.908 bits per heavy atom. The average Bonchev–Trinajstić information content (AvgIpc) is 1.67. The zero-order chi connectivity index (χ0) is 100. The van der Waals surface area contributed by atoms with Crippen molar-refractivity contribution in [1.82, 2.24) is 96.8 Å². The van der Waals surface area contributed by atoms with Crippen LogP contribution in [0.3, 0.4) is 0 Å². The highest BCUT2D eigenvalue weighted by molar-refractivity contribution is 5.81. The third kappa shape index (κ3) is 22.6. The van der Waals surface area contributed by atoms with E-state index in [1.54, 1.807) is 48.9 Å². The zero-order valence-electron chi connectivity index (χ0n) is 73.9. The predicted octanol–water partition coefficient (Wildman–Crippen LogP) is 10.8. The number of nitrogens with zero attached hydrogens (tertiary/aromatic N) is 25. The fourth-order valence-electron chi connectivity index (χ4n) is 16.4. The predicted molar refractivity (Wildman–Crippen MR) is 475 cm³/mol. The Balaban J connectivity index is 0.000000127. The number of aromatic nitrogens is 20. The maximum Gasteiger partial charge on any atom is 0.417 e. The number of pyridine rings is 5. The molecule has 0 bridgehead atoms. The van der Waals surface area contributed by atoms with Gasteiger partial charge in [0.15, 0.2) is 29.7 Å². The van der Waals surface area contributed by atoms with Gasteiger partial charge in [-0.05, 0) is 129 Å². The summed E-state index contributed by atoms with van der Waals surface area (Å²) in [6, 6.07) is 19.7. The van der Waals surface area contributed by atoms with Crippen LogP contribution in [0.5, 0.6) is 0 Å². The summed E-state index contributed by atoms with van der Waals surface area (Å²) in [5.41, 5.74) is 27.5. The lowest BCUT2D eigenvalue weighted by atomic mass is 9.90. The minimum absolute atomic E-state index is 0.214. The summed E-state index contributed by atoms with van der Waals surface area (Å²) in [7, 11) is 0. The van der Waals surface area contributed by atoms with Gasteiger partial charge in [-0.2, -0.15) is 65.9 Å². The lowest BCUT2D eigenvalue weighted by molar-refractivity contribution is -0.138. The van der Waals surface area contributed by atoms with Crippen molar-refractivity contribution in [3.05, 3.63) is 212 Å². The van der Waals surface area contributed by atoms with Crippen molar-refractivity contribution in [3.63, 3.8) is 0 Å². The number of hydrogen-bond acceptors (Lipinski definition) is 27.